The molecule has 0 aliphatic carbocycles. The molecule has 130 valence electrons. The van der Waals surface area contributed by atoms with Gasteiger partial charge in [-0.1, -0.05) is 0 Å². The Kier molecular flexibility index (Phi) is 6.07. The molecule has 0 bridgehead atoms. The Labute approximate surface area is 126 Å². The Morgan fingerprint density at radius 2 is 1.50 bits per heavy atom. The summed E-state index contributed by atoms with van der Waals surface area (Å²) >= 11 is 0. The summed E-state index contributed by atoms with van der Waals surface area (Å²) in [5.74, 6) is 0. The minimum absolute atomic E-state index is 0.223. The van der Waals surface area contributed by atoms with Crippen molar-refractivity contribution < 1.29 is 49.6 Å². The van der Waals surface area contributed by atoms with E-state index in [0.717, 1.165) is 0 Å². The SMILES string of the molecule is CO[C@@H]1O[C@H](CO[C@@H]2OC[C@@H](O)[C@H](O)[C@H]2O)[C@@H](O)[C@H](O)[C@H]1O. The monoisotopic (exact) mass is 326 g/mol. The smallest absolute Gasteiger partial charge is 0.186 e. The van der Waals surface area contributed by atoms with Crippen LogP contribution in [-0.2, 0) is 18.9 Å². The molecule has 2 rings (SSSR count). The number of ether oxygens (including phenoxy) is 4. The van der Waals surface area contributed by atoms with Gasteiger partial charge >= 0.3 is 0 Å². The predicted molar refractivity (Wildman–Crippen MR) is 67.4 cm³/mol. The van der Waals surface area contributed by atoms with Gasteiger partial charge in [0.15, 0.2) is 12.6 Å². The van der Waals surface area contributed by atoms with Gasteiger partial charge in [0.1, 0.15) is 42.7 Å². The van der Waals surface area contributed by atoms with E-state index in [0.29, 0.717) is 0 Å². The molecule has 0 unspecified atom stereocenters. The van der Waals surface area contributed by atoms with E-state index in [2.05, 4.69) is 0 Å². The van der Waals surface area contributed by atoms with Crippen molar-refractivity contribution in [3.63, 3.8) is 0 Å². The molecule has 0 aromatic rings. The van der Waals surface area contributed by atoms with E-state index in [9.17, 15) is 30.6 Å². The lowest BCUT2D eigenvalue weighted by Crippen LogP contribution is -2.60. The lowest BCUT2D eigenvalue weighted by atomic mass is 9.99. The van der Waals surface area contributed by atoms with Crippen LogP contribution in [0.25, 0.3) is 0 Å². The molecular formula is C12H22O10. The summed E-state index contributed by atoms with van der Waals surface area (Å²) in [6, 6.07) is 0. The fourth-order valence-electron chi connectivity index (χ4n) is 2.36. The van der Waals surface area contributed by atoms with Crippen molar-refractivity contribution >= 4 is 0 Å². The van der Waals surface area contributed by atoms with Crippen molar-refractivity contribution in [2.75, 3.05) is 20.3 Å². The van der Waals surface area contributed by atoms with Crippen LogP contribution in [0.1, 0.15) is 0 Å². The van der Waals surface area contributed by atoms with Crippen LogP contribution in [0.3, 0.4) is 0 Å². The van der Waals surface area contributed by atoms with Crippen LogP contribution in [0.4, 0.5) is 0 Å². The molecule has 2 aliphatic rings. The van der Waals surface area contributed by atoms with E-state index in [-0.39, 0.29) is 13.2 Å². The summed E-state index contributed by atoms with van der Waals surface area (Å²) < 4.78 is 20.4. The van der Waals surface area contributed by atoms with Gasteiger partial charge in [-0.3, -0.25) is 0 Å². The van der Waals surface area contributed by atoms with Gasteiger partial charge in [0.25, 0.3) is 0 Å². The standard InChI is InChI=1S/C12H22O10/c1-19-11-10(18)8(16)7(15)5(22-11)3-21-12-9(17)6(14)4(13)2-20-12/h4-18H,2-3H2,1H3/t4-,5-,6+,7-,8+,9-,10-,11-,12+/m1/s1. The Balaban J connectivity index is 1.90. The summed E-state index contributed by atoms with van der Waals surface area (Å²) in [6.07, 6.45) is -11.9. The van der Waals surface area contributed by atoms with Gasteiger partial charge in [-0.2, -0.15) is 0 Å². The van der Waals surface area contributed by atoms with Crippen molar-refractivity contribution in [3.8, 4) is 0 Å². The first-order valence-corrected chi connectivity index (χ1v) is 6.86. The quantitative estimate of drug-likeness (QED) is 0.300. The maximum absolute atomic E-state index is 9.85. The predicted octanol–water partition coefficient (Wildman–Crippen LogP) is -4.10. The number of hydrogen-bond acceptors (Lipinski definition) is 10. The zero-order valence-corrected chi connectivity index (χ0v) is 11.9. The summed E-state index contributed by atoms with van der Waals surface area (Å²) in [5, 5.41) is 57.8. The number of methoxy groups -OCH3 is 1. The number of aliphatic hydroxyl groups excluding tert-OH is 6. The zero-order valence-electron chi connectivity index (χ0n) is 11.9. The molecule has 2 fully saturated rings. The first kappa shape index (κ1) is 17.9. The molecule has 0 saturated carbocycles. The molecule has 22 heavy (non-hydrogen) atoms. The van der Waals surface area contributed by atoms with Crippen LogP contribution < -0.4 is 0 Å². The second-order valence-electron chi connectivity index (χ2n) is 5.33. The van der Waals surface area contributed by atoms with Crippen LogP contribution in [0, 0.1) is 0 Å². The third-order valence-corrected chi connectivity index (χ3v) is 3.78. The van der Waals surface area contributed by atoms with Gasteiger partial charge in [0.2, 0.25) is 0 Å². The Bertz CT molecular complexity index is 353. The lowest BCUT2D eigenvalue weighted by Gasteiger charge is -2.41. The molecule has 0 aromatic heterocycles. The summed E-state index contributed by atoms with van der Waals surface area (Å²) in [6.45, 7) is -0.519. The Morgan fingerprint density at radius 3 is 2.14 bits per heavy atom. The van der Waals surface area contributed by atoms with Gasteiger partial charge in [0.05, 0.1) is 13.2 Å². The molecule has 2 aliphatic heterocycles. The fourth-order valence-corrected chi connectivity index (χ4v) is 2.36. The van der Waals surface area contributed by atoms with E-state index in [4.69, 9.17) is 18.9 Å². The van der Waals surface area contributed by atoms with Crippen molar-refractivity contribution in [2.45, 2.75) is 55.3 Å². The Morgan fingerprint density at radius 1 is 0.864 bits per heavy atom. The van der Waals surface area contributed by atoms with Crippen LogP contribution in [0.15, 0.2) is 0 Å². The zero-order chi connectivity index (χ0) is 16.4. The summed E-state index contributed by atoms with van der Waals surface area (Å²) in [4.78, 5) is 0. The molecule has 2 heterocycles. The first-order chi connectivity index (χ1) is 10.4. The van der Waals surface area contributed by atoms with Gasteiger partial charge in [-0.05, 0) is 0 Å². The van der Waals surface area contributed by atoms with E-state index < -0.39 is 55.3 Å². The highest BCUT2D eigenvalue weighted by Gasteiger charge is 2.45. The van der Waals surface area contributed by atoms with Crippen LogP contribution >= 0.6 is 0 Å². The summed E-state index contributed by atoms with van der Waals surface area (Å²) in [7, 11) is 1.27. The van der Waals surface area contributed by atoms with Gasteiger partial charge in [-0.15, -0.1) is 0 Å². The van der Waals surface area contributed by atoms with Crippen molar-refractivity contribution in [1.82, 2.24) is 0 Å². The van der Waals surface area contributed by atoms with Gasteiger partial charge < -0.3 is 49.6 Å². The number of aliphatic hydroxyl groups is 6. The Hall–Kier alpha value is -0.400. The fraction of sp³-hybridized carbons (Fsp3) is 1.00. The molecule has 0 aromatic carbocycles. The molecular weight excluding hydrogens is 304 g/mol. The minimum Gasteiger partial charge on any atom is -0.388 e. The average Bonchev–Trinajstić information content (AvgIpc) is 2.51. The van der Waals surface area contributed by atoms with Crippen molar-refractivity contribution in [2.24, 2.45) is 0 Å². The van der Waals surface area contributed by atoms with E-state index in [1.807, 2.05) is 0 Å². The van der Waals surface area contributed by atoms with Crippen molar-refractivity contribution in [1.29, 1.82) is 0 Å². The maximum Gasteiger partial charge on any atom is 0.186 e. The normalized spacial score (nSPS) is 50.0. The second-order valence-corrected chi connectivity index (χ2v) is 5.33. The highest BCUT2D eigenvalue weighted by atomic mass is 16.7. The van der Waals surface area contributed by atoms with E-state index in [1.165, 1.54) is 7.11 Å². The number of hydrogen-bond donors (Lipinski definition) is 6. The van der Waals surface area contributed by atoms with E-state index >= 15 is 0 Å². The highest BCUT2D eigenvalue weighted by Crippen LogP contribution is 2.23. The molecule has 0 spiro atoms. The molecule has 2 saturated heterocycles. The number of rotatable bonds is 4. The maximum atomic E-state index is 9.85. The highest BCUT2D eigenvalue weighted by molar-refractivity contribution is 4.89. The topological polar surface area (TPSA) is 158 Å². The van der Waals surface area contributed by atoms with E-state index in [1.54, 1.807) is 0 Å². The first-order valence-electron chi connectivity index (χ1n) is 6.86. The van der Waals surface area contributed by atoms with Crippen LogP contribution in [-0.4, -0.2) is 106 Å². The second kappa shape index (κ2) is 7.45. The largest absolute Gasteiger partial charge is 0.388 e. The van der Waals surface area contributed by atoms with Gasteiger partial charge in [0, 0.05) is 7.11 Å². The minimum atomic E-state index is -1.49. The molecule has 10 heteroatoms. The molecule has 0 amide bonds. The van der Waals surface area contributed by atoms with Crippen molar-refractivity contribution in [3.05, 3.63) is 0 Å². The van der Waals surface area contributed by atoms with Crippen LogP contribution in [0.5, 0.6) is 0 Å². The van der Waals surface area contributed by atoms with Gasteiger partial charge in [-0.25, -0.2) is 0 Å². The third kappa shape index (κ3) is 3.57. The molecule has 10 nitrogen and oxygen atoms in total. The molecule has 9 atom stereocenters. The van der Waals surface area contributed by atoms with Crippen LogP contribution in [0.2, 0.25) is 0 Å². The molecule has 6 N–H and O–H groups in total. The summed E-state index contributed by atoms with van der Waals surface area (Å²) in [5.41, 5.74) is 0. The third-order valence-electron chi connectivity index (χ3n) is 3.78. The molecule has 0 radical (unpaired) electrons. The lowest BCUT2D eigenvalue weighted by molar-refractivity contribution is -0.316. The average molecular weight is 326 g/mol.